The van der Waals surface area contributed by atoms with Crippen LogP contribution in [0.25, 0.3) is 0 Å². The lowest BCUT2D eigenvalue weighted by atomic mass is 10.0. The highest BCUT2D eigenvalue weighted by molar-refractivity contribution is 7.82. The van der Waals surface area contributed by atoms with Gasteiger partial charge in [-0.3, -0.25) is 9.59 Å². The van der Waals surface area contributed by atoms with E-state index in [1.54, 1.807) is 60.7 Å². The van der Waals surface area contributed by atoms with Crippen LogP contribution >= 0.6 is 0 Å². The molecule has 11 heteroatoms. The SMILES string of the molecule is CC(C)C[C@H](NC(=O)[C@H]1OS(=O)(=O)O[C@@H]1C(=O)OCc1ccccc1)C(=O)Nc1ccccc1. The van der Waals surface area contributed by atoms with E-state index < -0.39 is 46.4 Å². The highest BCUT2D eigenvalue weighted by Gasteiger charge is 2.50. The van der Waals surface area contributed by atoms with E-state index in [4.69, 9.17) is 8.92 Å². The fourth-order valence-corrected chi connectivity index (χ4v) is 4.16. The molecule has 10 nitrogen and oxygen atoms in total. The second kappa shape index (κ2) is 11.2. The maximum atomic E-state index is 12.9. The van der Waals surface area contributed by atoms with Crippen LogP contribution in [0.15, 0.2) is 60.7 Å². The highest BCUT2D eigenvalue weighted by atomic mass is 32.3. The second-order valence-corrected chi connectivity index (χ2v) is 9.28. The molecular formula is C23H26N2O8S. The minimum absolute atomic E-state index is 0.0166. The van der Waals surface area contributed by atoms with Gasteiger partial charge in [0.1, 0.15) is 12.6 Å². The lowest BCUT2D eigenvalue weighted by Crippen LogP contribution is -2.51. The highest BCUT2D eigenvalue weighted by Crippen LogP contribution is 2.23. The summed E-state index contributed by atoms with van der Waals surface area (Å²) in [6, 6.07) is 16.3. The molecule has 3 atom stereocenters. The van der Waals surface area contributed by atoms with Crippen LogP contribution in [-0.4, -0.2) is 44.5 Å². The summed E-state index contributed by atoms with van der Waals surface area (Å²) >= 11 is 0. The zero-order valence-electron chi connectivity index (χ0n) is 18.7. The van der Waals surface area contributed by atoms with Crippen molar-refractivity contribution in [3.63, 3.8) is 0 Å². The molecule has 0 aliphatic carbocycles. The molecule has 1 heterocycles. The average molecular weight is 491 g/mol. The Morgan fingerprint density at radius 3 is 2.15 bits per heavy atom. The standard InChI is InChI=1S/C23H26N2O8S/c1-15(2)13-18(21(26)24-17-11-7-4-8-12-17)25-22(27)19-20(33-34(29,30)32-19)23(28)31-14-16-9-5-3-6-10-16/h3-12,15,18-20H,13-14H2,1-2H3,(H,24,26)(H,25,27)/t18-,19-,20-/m0/s1. The Bertz CT molecular complexity index is 1110. The number of rotatable bonds is 9. The molecular weight excluding hydrogens is 464 g/mol. The van der Waals surface area contributed by atoms with Gasteiger partial charge in [0, 0.05) is 5.69 Å². The van der Waals surface area contributed by atoms with Gasteiger partial charge in [-0.05, 0) is 30.0 Å². The number of carbonyl (C=O) groups excluding carboxylic acids is 3. The minimum Gasteiger partial charge on any atom is -0.459 e. The summed E-state index contributed by atoms with van der Waals surface area (Å²) in [7, 11) is -4.61. The van der Waals surface area contributed by atoms with Crippen LogP contribution < -0.4 is 10.6 Å². The van der Waals surface area contributed by atoms with E-state index in [0.717, 1.165) is 0 Å². The molecule has 3 rings (SSSR count). The van der Waals surface area contributed by atoms with Crippen LogP contribution in [0.5, 0.6) is 0 Å². The molecule has 1 fully saturated rings. The minimum atomic E-state index is -4.61. The van der Waals surface area contributed by atoms with Crippen molar-refractivity contribution >= 4 is 33.9 Å². The maximum absolute atomic E-state index is 12.9. The average Bonchev–Trinajstić information content (AvgIpc) is 3.13. The molecule has 0 spiro atoms. The largest absolute Gasteiger partial charge is 0.459 e. The van der Waals surface area contributed by atoms with E-state index in [1.165, 1.54) is 0 Å². The Labute approximate surface area is 197 Å². The molecule has 182 valence electrons. The first-order valence-corrected chi connectivity index (χ1v) is 12.0. The number of nitrogens with one attached hydrogen (secondary N) is 2. The number of carbonyl (C=O) groups is 3. The van der Waals surface area contributed by atoms with E-state index in [0.29, 0.717) is 11.3 Å². The second-order valence-electron chi connectivity index (χ2n) is 8.08. The maximum Gasteiger partial charge on any atom is 0.401 e. The number of benzene rings is 2. The van der Waals surface area contributed by atoms with Crippen molar-refractivity contribution < 1.29 is 35.9 Å². The molecule has 2 aromatic carbocycles. The number of hydrogen-bond donors (Lipinski definition) is 2. The van der Waals surface area contributed by atoms with Crippen molar-refractivity contribution in [3.05, 3.63) is 66.2 Å². The molecule has 0 saturated carbocycles. The van der Waals surface area contributed by atoms with Crippen LogP contribution in [0.2, 0.25) is 0 Å². The summed E-state index contributed by atoms with van der Waals surface area (Å²) in [5.74, 6) is -2.56. The molecule has 1 saturated heterocycles. The summed E-state index contributed by atoms with van der Waals surface area (Å²) in [6.45, 7) is 3.57. The first kappa shape index (κ1) is 25.3. The van der Waals surface area contributed by atoms with Gasteiger partial charge in [0.15, 0.2) is 6.10 Å². The number of amides is 2. The zero-order valence-corrected chi connectivity index (χ0v) is 19.5. The first-order valence-electron chi connectivity index (χ1n) is 10.6. The number of anilines is 1. The molecule has 0 unspecified atom stereocenters. The molecule has 34 heavy (non-hydrogen) atoms. The van der Waals surface area contributed by atoms with E-state index in [2.05, 4.69) is 14.8 Å². The van der Waals surface area contributed by atoms with Crippen molar-refractivity contribution in [3.8, 4) is 0 Å². The van der Waals surface area contributed by atoms with Gasteiger partial charge in [0.25, 0.3) is 5.91 Å². The molecule has 1 aliphatic rings. The predicted molar refractivity (Wildman–Crippen MR) is 121 cm³/mol. The smallest absolute Gasteiger partial charge is 0.401 e. The number of hydrogen-bond acceptors (Lipinski definition) is 8. The van der Waals surface area contributed by atoms with Crippen molar-refractivity contribution in [2.75, 3.05) is 5.32 Å². The van der Waals surface area contributed by atoms with Gasteiger partial charge in [0.2, 0.25) is 12.0 Å². The van der Waals surface area contributed by atoms with Gasteiger partial charge in [-0.2, -0.15) is 8.42 Å². The van der Waals surface area contributed by atoms with Crippen molar-refractivity contribution in [1.82, 2.24) is 5.32 Å². The van der Waals surface area contributed by atoms with Crippen molar-refractivity contribution in [2.24, 2.45) is 5.92 Å². The van der Waals surface area contributed by atoms with Gasteiger partial charge < -0.3 is 15.4 Å². The van der Waals surface area contributed by atoms with Gasteiger partial charge in [-0.25, -0.2) is 13.2 Å². The summed E-state index contributed by atoms with van der Waals surface area (Å²) in [5.41, 5.74) is 1.19. The van der Waals surface area contributed by atoms with Gasteiger partial charge in [-0.1, -0.05) is 62.4 Å². The lowest BCUT2D eigenvalue weighted by molar-refractivity contribution is -0.157. The third kappa shape index (κ3) is 7.11. The van der Waals surface area contributed by atoms with E-state index in [9.17, 15) is 22.8 Å². The van der Waals surface area contributed by atoms with Gasteiger partial charge in [-0.15, -0.1) is 0 Å². The molecule has 0 aromatic heterocycles. The third-order valence-corrected chi connectivity index (χ3v) is 5.70. The fraction of sp³-hybridized carbons (Fsp3) is 0.348. The molecule has 2 N–H and O–H groups in total. The fourth-order valence-electron chi connectivity index (χ4n) is 3.24. The van der Waals surface area contributed by atoms with Crippen molar-refractivity contribution in [1.29, 1.82) is 0 Å². The molecule has 0 radical (unpaired) electrons. The van der Waals surface area contributed by atoms with Crippen LogP contribution in [0.4, 0.5) is 5.69 Å². The Morgan fingerprint density at radius 2 is 1.53 bits per heavy atom. The van der Waals surface area contributed by atoms with E-state index in [1.807, 2.05) is 13.8 Å². The van der Waals surface area contributed by atoms with E-state index in [-0.39, 0.29) is 18.9 Å². The van der Waals surface area contributed by atoms with Crippen LogP contribution in [0.1, 0.15) is 25.8 Å². The predicted octanol–water partition coefficient (Wildman–Crippen LogP) is 1.93. The van der Waals surface area contributed by atoms with Crippen LogP contribution in [0.3, 0.4) is 0 Å². The third-order valence-electron chi connectivity index (χ3n) is 4.81. The number of esters is 1. The quantitative estimate of drug-likeness (QED) is 0.509. The summed E-state index contributed by atoms with van der Waals surface area (Å²) < 4.78 is 38.2. The Balaban J connectivity index is 1.70. The number of para-hydroxylation sites is 1. The van der Waals surface area contributed by atoms with Gasteiger partial charge in [0.05, 0.1) is 0 Å². The molecule has 1 aliphatic heterocycles. The number of ether oxygens (including phenoxy) is 1. The summed E-state index contributed by atoms with van der Waals surface area (Å²) in [6.07, 6.45) is -3.42. The van der Waals surface area contributed by atoms with Crippen molar-refractivity contribution in [2.45, 2.75) is 45.1 Å². The monoisotopic (exact) mass is 490 g/mol. The topological polar surface area (TPSA) is 137 Å². The summed E-state index contributed by atoms with van der Waals surface area (Å²) in [4.78, 5) is 38.2. The van der Waals surface area contributed by atoms with E-state index >= 15 is 0 Å². The van der Waals surface area contributed by atoms with Crippen LogP contribution in [-0.2, 0) is 44.5 Å². The molecule has 0 bridgehead atoms. The Kier molecular flexibility index (Phi) is 8.37. The first-order chi connectivity index (χ1) is 16.1. The zero-order chi connectivity index (χ0) is 24.7. The normalized spacial score (nSPS) is 19.9. The van der Waals surface area contributed by atoms with Gasteiger partial charge >= 0.3 is 16.4 Å². The Morgan fingerprint density at radius 1 is 0.941 bits per heavy atom. The molecule has 2 amide bonds. The molecule has 2 aromatic rings. The lowest BCUT2D eigenvalue weighted by Gasteiger charge is -2.22. The van der Waals surface area contributed by atoms with Crippen LogP contribution in [0, 0.1) is 5.92 Å². The summed E-state index contributed by atoms with van der Waals surface area (Å²) in [5, 5.41) is 5.17. The Hall–Kier alpha value is -3.28.